The molecule has 0 saturated carbocycles. The largest absolute Gasteiger partial charge is 0.493 e. The van der Waals surface area contributed by atoms with Gasteiger partial charge in [-0.05, 0) is 43.0 Å². The van der Waals surface area contributed by atoms with E-state index in [2.05, 4.69) is 5.32 Å². The lowest BCUT2D eigenvalue weighted by atomic mass is 9.71. The van der Waals surface area contributed by atoms with Crippen LogP contribution in [0, 0.1) is 5.82 Å². The predicted molar refractivity (Wildman–Crippen MR) is 121 cm³/mol. The van der Waals surface area contributed by atoms with Crippen LogP contribution < -0.4 is 14.8 Å². The molecule has 0 amide bonds. The van der Waals surface area contributed by atoms with Crippen LogP contribution in [0.15, 0.2) is 65.0 Å². The number of carbonyl (C=O) groups is 2. The first-order valence-corrected chi connectivity index (χ1v) is 10.7. The average Bonchev–Trinajstić information content (AvgIpc) is 2.82. The van der Waals surface area contributed by atoms with Crippen molar-refractivity contribution in [3.8, 4) is 11.5 Å². The van der Waals surface area contributed by atoms with Gasteiger partial charge in [0.25, 0.3) is 0 Å². The lowest BCUT2D eigenvalue weighted by Gasteiger charge is -2.36. The Bertz CT molecular complexity index is 1180. The standard InChI is InChI=1S/C26H26FNO5/c1-14-23(26(30)33-4)24(17-7-5-6-8-18(17)27)25-19(28-14)11-16(12-20(25)29)15-9-10-21(31-2)22(13-15)32-3/h5-10,13,16,24,28H,11-12H2,1-4H3/t16-,24+/m1/s1. The second-order valence-electron chi connectivity index (χ2n) is 8.14. The van der Waals surface area contributed by atoms with E-state index < -0.39 is 17.7 Å². The summed E-state index contributed by atoms with van der Waals surface area (Å²) in [5.41, 5.74) is 3.14. The quantitative estimate of drug-likeness (QED) is 0.681. The molecule has 0 spiro atoms. The number of methoxy groups -OCH3 is 3. The first kappa shape index (κ1) is 22.6. The number of benzene rings is 2. The van der Waals surface area contributed by atoms with Gasteiger partial charge in [0.2, 0.25) is 0 Å². The monoisotopic (exact) mass is 451 g/mol. The van der Waals surface area contributed by atoms with Crippen molar-refractivity contribution in [2.75, 3.05) is 21.3 Å². The number of Topliss-reactive ketones (excluding diaryl/α,β-unsaturated/α-hetero) is 1. The zero-order valence-electron chi connectivity index (χ0n) is 19.0. The predicted octanol–water partition coefficient (Wildman–Crippen LogP) is 4.38. The zero-order valence-corrected chi connectivity index (χ0v) is 19.0. The lowest BCUT2D eigenvalue weighted by molar-refractivity contribution is -0.136. The molecular weight excluding hydrogens is 425 g/mol. The molecule has 33 heavy (non-hydrogen) atoms. The van der Waals surface area contributed by atoms with Crippen LogP contribution >= 0.6 is 0 Å². The van der Waals surface area contributed by atoms with Gasteiger partial charge in [-0.25, -0.2) is 9.18 Å². The minimum atomic E-state index is -0.825. The average molecular weight is 451 g/mol. The van der Waals surface area contributed by atoms with Crippen LogP contribution in [0.1, 0.15) is 42.7 Å². The molecular formula is C26H26FNO5. The van der Waals surface area contributed by atoms with Crippen molar-refractivity contribution < 1.29 is 28.2 Å². The molecule has 0 unspecified atom stereocenters. The van der Waals surface area contributed by atoms with Crippen molar-refractivity contribution in [2.24, 2.45) is 0 Å². The van der Waals surface area contributed by atoms with Crippen LogP contribution in [0.25, 0.3) is 0 Å². The number of ketones is 1. The fraction of sp³-hybridized carbons (Fsp3) is 0.308. The number of carbonyl (C=O) groups excluding carboxylic acids is 2. The van der Waals surface area contributed by atoms with Gasteiger partial charge >= 0.3 is 5.97 Å². The summed E-state index contributed by atoms with van der Waals surface area (Å²) in [6.07, 6.45) is 0.766. The molecule has 2 aliphatic rings. The summed E-state index contributed by atoms with van der Waals surface area (Å²) in [5.74, 6) is -0.918. The summed E-state index contributed by atoms with van der Waals surface area (Å²) in [6.45, 7) is 1.74. The Balaban J connectivity index is 1.79. The van der Waals surface area contributed by atoms with Gasteiger partial charge in [0.1, 0.15) is 5.82 Å². The second-order valence-corrected chi connectivity index (χ2v) is 8.14. The normalized spacial score (nSPS) is 20.2. The number of allylic oxidation sites excluding steroid dienone is 3. The van der Waals surface area contributed by atoms with Crippen molar-refractivity contribution in [3.63, 3.8) is 0 Å². The minimum Gasteiger partial charge on any atom is -0.493 e. The summed E-state index contributed by atoms with van der Waals surface area (Å²) in [7, 11) is 4.42. The topological polar surface area (TPSA) is 73.9 Å². The van der Waals surface area contributed by atoms with E-state index in [1.807, 2.05) is 18.2 Å². The van der Waals surface area contributed by atoms with Gasteiger partial charge in [-0.3, -0.25) is 4.79 Å². The highest BCUT2D eigenvalue weighted by Gasteiger charge is 2.42. The van der Waals surface area contributed by atoms with E-state index in [-0.39, 0.29) is 29.3 Å². The number of ether oxygens (including phenoxy) is 3. The van der Waals surface area contributed by atoms with Gasteiger partial charge in [0.15, 0.2) is 17.3 Å². The number of hydrogen-bond donors (Lipinski definition) is 1. The smallest absolute Gasteiger partial charge is 0.336 e. The van der Waals surface area contributed by atoms with Gasteiger partial charge < -0.3 is 19.5 Å². The lowest BCUT2D eigenvalue weighted by Crippen LogP contribution is -2.36. The third kappa shape index (κ3) is 3.99. The van der Waals surface area contributed by atoms with Crippen LogP contribution in [-0.4, -0.2) is 33.1 Å². The minimum absolute atomic E-state index is 0.0997. The Morgan fingerprint density at radius 1 is 1.03 bits per heavy atom. The van der Waals surface area contributed by atoms with Crippen LogP contribution in [0.5, 0.6) is 11.5 Å². The summed E-state index contributed by atoms with van der Waals surface area (Å²) in [6, 6.07) is 11.8. The molecule has 0 aromatic heterocycles. The molecule has 4 rings (SSSR count). The van der Waals surface area contributed by atoms with E-state index in [9.17, 15) is 14.0 Å². The maximum Gasteiger partial charge on any atom is 0.336 e. The molecule has 0 saturated heterocycles. The molecule has 0 radical (unpaired) electrons. The van der Waals surface area contributed by atoms with E-state index >= 15 is 0 Å². The molecule has 2 aromatic rings. The van der Waals surface area contributed by atoms with Gasteiger partial charge in [-0.2, -0.15) is 0 Å². The van der Waals surface area contributed by atoms with Crippen LogP contribution in [0.4, 0.5) is 4.39 Å². The summed E-state index contributed by atoms with van der Waals surface area (Å²) < 4.78 is 30.6. The fourth-order valence-electron chi connectivity index (χ4n) is 4.78. The van der Waals surface area contributed by atoms with Crippen molar-refractivity contribution >= 4 is 11.8 Å². The number of esters is 1. The molecule has 2 aromatic carbocycles. The Morgan fingerprint density at radius 2 is 1.76 bits per heavy atom. The molecule has 2 atom stereocenters. The zero-order chi connectivity index (χ0) is 23.7. The van der Waals surface area contributed by atoms with E-state index in [1.54, 1.807) is 39.3 Å². The molecule has 0 bridgehead atoms. The fourth-order valence-corrected chi connectivity index (χ4v) is 4.78. The number of halogens is 1. The van der Waals surface area contributed by atoms with Gasteiger partial charge in [-0.1, -0.05) is 24.3 Å². The molecule has 0 fully saturated rings. The maximum atomic E-state index is 14.9. The Labute approximate surface area is 192 Å². The van der Waals surface area contributed by atoms with Crippen molar-refractivity contribution in [1.29, 1.82) is 0 Å². The highest BCUT2D eigenvalue weighted by molar-refractivity contribution is 6.04. The third-order valence-corrected chi connectivity index (χ3v) is 6.33. The molecule has 1 aliphatic carbocycles. The Morgan fingerprint density at radius 3 is 2.42 bits per heavy atom. The summed E-state index contributed by atoms with van der Waals surface area (Å²) in [4.78, 5) is 26.2. The molecule has 7 heteroatoms. The highest BCUT2D eigenvalue weighted by Crippen LogP contribution is 2.46. The first-order valence-electron chi connectivity index (χ1n) is 10.7. The van der Waals surface area contributed by atoms with E-state index in [4.69, 9.17) is 14.2 Å². The molecule has 172 valence electrons. The number of nitrogens with one attached hydrogen (secondary N) is 1. The van der Waals surface area contributed by atoms with Gasteiger partial charge in [-0.15, -0.1) is 0 Å². The van der Waals surface area contributed by atoms with Gasteiger partial charge in [0.05, 0.1) is 32.8 Å². The van der Waals surface area contributed by atoms with E-state index in [0.29, 0.717) is 34.9 Å². The first-order chi connectivity index (χ1) is 15.9. The SMILES string of the molecule is COC(=O)C1=C(C)NC2=C(C(=O)C[C@H](c3ccc(OC)c(OC)c3)C2)[C@H]1c1ccccc1F. The highest BCUT2D eigenvalue weighted by atomic mass is 19.1. The maximum absolute atomic E-state index is 14.9. The van der Waals surface area contributed by atoms with Crippen LogP contribution in [0.2, 0.25) is 0 Å². The van der Waals surface area contributed by atoms with E-state index in [1.165, 1.54) is 13.2 Å². The Hall–Kier alpha value is -3.61. The molecule has 1 N–H and O–H groups in total. The van der Waals surface area contributed by atoms with Crippen molar-refractivity contribution in [3.05, 3.63) is 81.9 Å². The second kappa shape index (κ2) is 9.10. The molecule has 1 aliphatic heterocycles. The van der Waals surface area contributed by atoms with E-state index in [0.717, 1.165) is 5.56 Å². The molecule has 1 heterocycles. The summed E-state index contributed by atoms with van der Waals surface area (Å²) in [5, 5.41) is 3.24. The Kier molecular flexibility index (Phi) is 6.22. The summed E-state index contributed by atoms with van der Waals surface area (Å²) >= 11 is 0. The van der Waals surface area contributed by atoms with Gasteiger partial charge in [0, 0.05) is 29.0 Å². The number of rotatable bonds is 5. The molecule has 6 nitrogen and oxygen atoms in total. The van der Waals surface area contributed by atoms with Crippen LogP contribution in [0.3, 0.4) is 0 Å². The van der Waals surface area contributed by atoms with Crippen molar-refractivity contribution in [1.82, 2.24) is 5.32 Å². The number of dihydropyridines is 1. The van der Waals surface area contributed by atoms with Crippen molar-refractivity contribution in [2.45, 2.75) is 31.6 Å². The number of hydrogen-bond acceptors (Lipinski definition) is 6. The third-order valence-electron chi connectivity index (χ3n) is 6.33. The van der Waals surface area contributed by atoms with Crippen LogP contribution in [-0.2, 0) is 14.3 Å².